The van der Waals surface area contributed by atoms with E-state index in [9.17, 15) is 9.90 Å². The summed E-state index contributed by atoms with van der Waals surface area (Å²) >= 11 is 1.47. The van der Waals surface area contributed by atoms with Gasteiger partial charge in [-0.3, -0.25) is 9.78 Å². The number of rotatable bonds is 4. The first-order chi connectivity index (χ1) is 10.6. The van der Waals surface area contributed by atoms with Gasteiger partial charge in [-0.15, -0.1) is 11.3 Å². The molecule has 0 bridgehead atoms. The van der Waals surface area contributed by atoms with E-state index in [0.29, 0.717) is 5.56 Å². The molecule has 1 atom stereocenters. The molecule has 0 saturated carbocycles. The van der Waals surface area contributed by atoms with Crippen molar-refractivity contribution >= 4 is 28.1 Å². The van der Waals surface area contributed by atoms with Crippen LogP contribution in [0.2, 0.25) is 0 Å². The average molecular weight is 312 g/mol. The molecule has 0 fully saturated rings. The van der Waals surface area contributed by atoms with Gasteiger partial charge in [0.15, 0.2) is 0 Å². The van der Waals surface area contributed by atoms with Crippen LogP contribution in [0.5, 0.6) is 0 Å². The van der Waals surface area contributed by atoms with E-state index < -0.39 is 5.60 Å². The number of pyridine rings is 1. The van der Waals surface area contributed by atoms with E-state index in [2.05, 4.69) is 10.3 Å². The Morgan fingerprint density at radius 1 is 1.32 bits per heavy atom. The number of benzene rings is 1. The highest BCUT2D eigenvalue weighted by atomic mass is 32.1. The van der Waals surface area contributed by atoms with Crippen molar-refractivity contribution in [3.8, 4) is 0 Å². The molecule has 0 aliphatic heterocycles. The molecule has 0 aliphatic carbocycles. The van der Waals surface area contributed by atoms with Gasteiger partial charge in [-0.1, -0.05) is 12.1 Å². The predicted molar refractivity (Wildman–Crippen MR) is 88.0 cm³/mol. The summed E-state index contributed by atoms with van der Waals surface area (Å²) in [5.41, 5.74) is 0.342. The maximum atomic E-state index is 12.3. The van der Waals surface area contributed by atoms with Gasteiger partial charge in [-0.25, -0.2) is 0 Å². The lowest BCUT2D eigenvalue weighted by Crippen LogP contribution is -2.38. The zero-order valence-corrected chi connectivity index (χ0v) is 12.9. The number of aliphatic hydroxyl groups is 1. The first-order valence-electron chi connectivity index (χ1n) is 6.96. The van der Waals surface area contributed by atoms with Gasteiger partial charge in [0.25, 0.3) is 5.91 Å². The third-order valence-electron chi connectivity index (χ3n) is 3.51. The Bertz CT molecular complexity index is 797. The van der Waals surface area contributed by atoms with Crippen LogP contribution in [-0.4, -0.2) is 22.5 Å². The summed E-state index contributed by atoms with van der Waals surface area (Å²) in [5.74, 6) is -0.206. The highest BCUT2D eigenvalue weighted by molar-refractivity contribution is 7.10. The molecule has 0 saturated heterocycles. The zero-order valence-electron chi connectivity index (χ0n) is 12.1. The monoisotopic (exact) mass is 312 g/mol. The van der Waals surface area contributed by atoms with Gasteiger partial charge in [-0.05, 0) is 42.6 Å². The lowest BCUT2D eigenvalue weighted by Gasteiger charge is -2.22. The fourth-order valence-corrected chi connectivity index (χ4v) is 3.03. The number of hydrogen-bond acceptors (Lipinski definition) is 4. The normalized spacial score (nSPS) is 13.7. The van der Waals surface area contributed by atoms with Crippen LogP contribution in [0.1, 0.15) is 22.2 Å². The van der Waals surface area contributed by atoms with Gasteiger partial charge in [0.2, 0.25) is 0 Å². The Morgan fingerprint density at radius 3 is 2.95 bits per heavy atom. The zero-order chi connectivity index (χ0) is 15.6. The molecule has 0 aliphatic rings. The second-order valence-electron chi connectivity index (χ2n) is 5.34. The van der Waals surface area contributed by atoms with Gasteiger partial charge in [0.1, 0.15) is 5.60 Å². The van der Waals surface area contributed by atoms with Crippen molar-refractivity contribution in [1.82, 2.24) is 10.3 Å². The standard InChI is InChI=1S/C17H16N2O2S/c1-17(21,15-5-3-9-22-15)11-19-16(20)13-6-7-14-12(10-13)4-2-8-18-14/h2-10,21H,11H2,1H3,(H,19,20). The third kappa shape index (κ3) is 3.00. The fraction of sp³-hybridized carbons (Fsp3) is 0.176. The molecule has 1 aromatic carbocycles. The maximum absolute atomic E-state index is 12.3. The van der Waals surface area contributed by atoms with E-state index in [-0.39, 0.29) is 12.5 Å². The molecule has 112 valence electrons. The number of hydrogen-bond donors (Lipinski definition) is 2. The van der Waals surface area contributed by atoms with Crippen molar-refractivity contribution in [3.63, 3.8) is 0 Å². The van der Waals surface area contributed by atoms with Gasteiger partial charge in [0, 0.05) is 22.0 Å². The number of nitrogens with zero attached hydrogens (tertiary/aromatic N) is 1. The van der Waals surface area contributed by atoms with Crippen LogP contribution in [0.3, 0.4) is 0 Å². The molecule has 0 radical (unpaired) electrons. The molecule has 2 aromatic heterocycles. The quantitative estimate of drug-likeness (QED) is 0.778. The second kappa shape index (κ2) is 5.87. The van der Waals surface area contributed by atoms with Gasteiger partial charge >= 0.3 is 0 Å². The van der Waals surface area contributed by atoms with E-state index in [1.54, 1.807) is 25.3 Å². The number of aromatic nitrogens is 1. The van der Waals surface area contributed by atoms with Crippen LogP contribution in [-0.2, 0) is 5.60 Å². The molecule has 3 rings (SSSR count). The van der Waals surface area contributed by atoms with Crippen molar-refractivity contribution in [2.45, 2.75) is 12.5 Å². The minimum atomic E-state index is -1.07. The van der Waals surface area contributed by atoms with Gasteiger partial charge in [0.05, 0.1) is 12.1 Å². The first-order valence-corrected chi connectivity index (χ1v) is 7.83. The highest BCUT2D eigenvalue weighted by Crippen LogP contribution is 2.24. The Balaban J connectivity index is 1.73. The van der Waals surface area contributed by atoms with Crippen molar-refractivity contribution < 1.29 is 9.90 Å². The maximum Gasteiger partial charge on any atom is 0.251 e. The van der Waals surface area contributed by atoms with Crippen molar-refractivity contribution in [1.29, 1.82) is 0 Å². The molecular formula is C17H16N2O2S. The molecular weight excluding hydrogens is 296 g/mol. The Morgan fingerprint density at radius 2 is 2.18 bits per heavy atom. The summed E-state index contributed by atoms with van der Waals surface area (Å²) in [6, 6.07) is 12.9. The Labute approximate surface area is 132 Å². The Hall–Kier alpha value is -2.24. The van der Waals surface area contributed by atoms with Crippen LogP contribution < -0.4 is 5.32 Å². The summed E-state index contributed by atoms with van der Waals surface area (Å²) < 4.78 is 0. The second-order valence-corrected chi connectivity index (χ2v) is 6.29. The molecule has 0 spiro atoms. The van der Waals surface area contributed by atoms with Gasteiger partial charge < -0.3 is 10.4 Å². The summed E-state index contributed by atoms with van der Waals surface area (Å²) in [6.45, 7) is 1.86. The first kappa shape index (κ1) is 14.7. The lowest BCUT2D eigenvalue weighted by molar-refractivity contribution is 0.0557. The van der Waals surface area contributed by atoms with E-state index >= 15 is 0 Å². The molecule has 1 amide bonds. The fourth-order valence-electron chi connectivity index (χ4n) is 2.24. The number of carbonyl (C=O) groups excluding carboxylic acids is 1. The predicted octanol–water partition coefficient (Wildman–Crippen LogP) is 2.93. The van der Waals surface area contributed by atoms with Crippen LogP contribution >= 0.6 is 11.3 Å². The summed E-state index contributed by atoms with van der Waals surface area (Å²) in [6.07, 6.45) is 1.72. The minimum Gasteiger partial charge on any atom is -0.383 e. The number of fused-ring (bicyclic) bond motifs is 1. The molecule has 2 N–H and O–H groups in total. The van der Waals surface area contributed by atoms with Crippen molar-refractivity contribution in [2.24, 2.45) is 0 Å². The molecule has 3 aromatic rings. The van der Waals surface area contributed by atoms with E-state index in [0.717, 1.165) is 15.8 Å². The third-order valence-corrected chi connectivity index (χ3v) is 4.63. The van der Waals surface area contributed by atoms with Crippen LogP contribution in [0.4, 0.5) is 0 Å². The van der Waals surface area contributed by atoms with E-state index in [1.807, 2.05) is 35.7 Å². The van der Waals surface area contributed by atoms with Crippen LogP contribution in [0.25, 0.3) is 10.9 Å². The number of thiophene rings is 1. The smallest absolute Gasteiger partial charge is 0.251 e. The lowest BCUT2D eigenvalue weighted by atomic mass is 10.0. The molecule has 22 heavy (non-hydrogen) atoms. The van der Waals surface area contributed by atoms with Gasteiger partial charge in [-0.2, -0.15) is 0 Å². The summed E-state index contributed by atoms with van der Waals surface area (Å²) in [5, 5.41) is 16.0. The number of amides is 1. The van der Waals surface area contributed by atoms with Crippen LogP contribution in [0.15, 0.2) is 54.0 Å². The van der Waals surface area contributed by atoms with Crippen LogP contribution in [0, 0.1) is 0 Å². The number of carbonyl (C=O) groups is 1. The summed E-state index contributed by atoms with van der Waals surface area (Å²) in [7, 11) is 0. The average Bonchev–Trinajstić information content (AvgIpc) is 3.07. The summed E-state index contributed by atoms with van der Waals surface area (Å²) in [4.78, 5) is 17.3. The van der Waals surface area contributed by atoms with Crippen molar-refractivity contribution in [2.75, 3.05) is 6.54 Å². The highest BCUT2D eigenvalue weighted by Gasteiger charge is 2.25. The van der Waals surface area contributed by atoms with E-state index in [4.69, 9.17) is 0 Å². The SMILES string of the molecule is CC(O)(CNC(=O)c1ccc2ncccc2c1)c1cccs1. The van der Waals surface area contributed by atoms with E-state index in [1.165, 1.54) is 11.3 Å². The minimum absolute atomic E-state index is 0.164. The molecule has 5 heteroatoms. The largest absolute Gasteiger partial charge is 0.383 e. The van der Waals surface area contributed by atoms with Crippen molar-refractivity contribution in [3.05, 3.63) is 64.5 Å². The Kier molecular flexibility index (Phi) is 3.92. The topological polar surface area (TPSA) is 62.2 Å². The number of nitrogens with one attached hydrogen (secondary N) is 1. The molecule has 1 unspecified atom stereocenters. The molecule has 2 heterocycles. The molecule has 4 nitrogen and oxygen atoms in total.